The average molecular weight is 390 g/mol. The molecule has 1 aromatic carbocycles. The molecule has 1 unspecified atom stereocenters. The van der Waals surface area contributed by atoms with Crippen LogP contribution in [0.2, 0.25) is 0 Å². The summed E-state index contributed by atoms with van der Waals surface area (Å²) in [5.74, 6) is 1.82. The number of ether oxygens (including phenoxy) is 2. The summed E-state index contributed by atoms with van der Waals surface area (Å²) in [5, 5.41) is 10.3. The predicted molar refractivity (Wildman–Crippen MR) is 114 cm³/mol. The Morgan fingerprint density at radius 1 is 1.14 bits per heavy atom. The molecule has 1 aromatic rings. The first-order valence-electron chi connectivity index (χ1n) is 11.4. The molecule has 2 aliphatic heterocycles. The SMILES string of the molecule is Cc1ccc(CCCCCC2CCOCC2)cc1OCC(O)CN1CCCC1. The van der Waals surface area contributed by atoms with E-state index in [-0.39, 0.29) is 0 Å². The number of β-amino-alcohol motifs (C(OH)–C–C–N with tert-alkyl or cyclic N) is 1. The molecule has 2 heterocycles. The van der Waals surface area contributed by atoms with Crippen molar-refractivity contribution >= 4 is 0 Å². The van der Waals surface area contributed by atoms with Gasteiger partial charge in [0, 0.05) is 19.8 Å². The fraction of sp³-hybridized carbons (Fsp3) is 0.750. The highest BCUT2D eigenvalue weighted by molar-refractivity contribution is 5.36. The molecule has 4 heteroatoms. The highest BCUT2D eigenvalue weighted by Gasteiger charge is 2.16. The molecule has 0 bridgehead atoms. The maximum absolute atomic E-state index is 10.3. The van der Waals surface area contributed by atoms with Gasteiger partial charge in [-0.2, -0.15) is 0 Å². The van der Waals surface area contributed by atoms with E-state index in [4.69, 9.17) is 9.47 Å². The van der Waals surface area contributed by atoms with Crippen molar-refractivity contribution in [3.8, 4) is 5.75 Å². The standard InChI is InChI=1S/C24H39NO3/c1-20-9-10-22(8-4-2-3-7-21-11-15-27-16-12-21)17-24(20)28-19-23(26)18-25-13-5-6-14-25/h9-10,17,21,23,26H,2-8,11-16,18-19H2,1H3. The molecule has 1 atom stereocenters. The first-order valence-corrected chi connectivity index (χ1v) is 11.4. The van der Waals surface area contributed by atoms with Crippen LogP contribution in [0.4, 0.5) is 0 Å². The molecule has 2 aliphatic rings. The number of unbranched alkanes of at least 4 members (excludes halogenated alkanes) is 2. The summed E-state index contributed by atoms with van der Waals surface area (Å²) in [4.78, 5) is 2.33. The molecule has 1 N–H and O–H groups in total. The minimum absolute atomic E-state index is 0.381. The molecular formula is C24H39NO3. The van der Waals surface area contributed by atoms with E-state index in [9.17, 15) is 5.11 Å². The molecule has 0 aromatic heterocycles. The molecule has 2 saturated heterocycles. The third-order valence-corrected chi connectivity index (χ3v) is 6.27. The fourth-order valence-corrected chi connectivity index (χ4v) is 4.43. The van der Waals surface area contributed by atoms with Gasteiger partial charge in [-0.05, 0) is 81.6 Å². The first-order chi connectivity index (χ1) is 13.7. The monoisotopic (exact) mass is 389 g/mol. The van der Waals surface area contributed by atoms with Crippen LogP contribution < -0.4 is 4.74 Å². The van der Waals surface area contributed by atoms with E-state index < -0.39 is 6.10 Å². The Labute approximate surface area is 171 Å². The highest BCUT2D eigenvalue weighted by Crippen LogP contribution is 2.23. The molecule has 0 aliphatic carbocycles. The Morgan fingerprint density at radius 3 is 2.71 bits per heavy atom. The van der Waals surface area contributed by atoms with Crippen LogP contribution in [0.25, 0.3) is 0 Å². The minimum Gasteiger partial charge on any atom is -0.491 e. The number of hydrogen-bond donors (Lipinski definition) is 1. The van der Waals surface area contributed by atoms with Gasteiger partial charge in [-0.15, -0.1) is 0 Å². The third-order valence-electron chi connectivity index (χ3n) is 6.27. The van der Waals surface area contributed by atoms with Crippen LogP contribution in [-0.2, 0) is 11.2 Å². The first kappa shape index (κ1) is 21.6. The summed E-state index contributed by atoms with van der Waals surface area (Å²) in [6.07, 6.45) is 11.0. The molecule has 0 spiro atoms. The Kier molecular flexibility index (Phi) is 9.10. The lowest BCUT2D eigenvalue weighted by Gasteiger charge is -2.21. The summed E-state index contributed by atoms with van der Waals surface area (Å²) >= 11 is 0. The van der Waals surface area contributed by atoms with Crippen LogP contribution in [0.15, 0.2) is 18.2 Å². The van der Waals surface area contributed by atoms with Crippen LogP contribution in [0.1, 0.15) is 62.5 Å². The zero-order valence-electron chi connectivity index (χ0n) is 17.7. The summed E-state index contributed by atoms with van der Waals surface area (Å²) < 4.78 is 11.4. The van der Waals surface area contributed by atoms with Gasteiger partial charge in [0.2, 0.25) is 0 Å². The largest absolute Gasteiger partial charge is 0.491 e. The maximum atomic E-state index is 10.3. The second-order valence-corrected chi connectivity index (χ2v) is 8.73. The smallest absolute Gasteiger partial charge is 0.122 e. The number of benzene rings is 1. The third kappa shape index (κ3) is 7.38. The Bertz CT molecular complexity index is 565. The molecule has 4 nitrogen and oxygen atoms in total. The van der Waals surface area contributed by atoms with Crippen LogP contribution in [0, 0.1) is 12.8 Å². The molecule has 0 amide bonds. The molecule has 2 fully saturated rings. The second kappa shape index (κ2) is 11.8. The van der Waals surface area contributed by atoms with Gasteiger partial charge in [-0.1, -0.05) is 31.4 Å². The lowest BCUT2D eigenvalue weighted by atomic mass is 9.93. The topological polar surface area (TPSA) is 41.9 Å². The Balaban J connectivity index is 1.34. The van der Waals surface area contributed by atoms with Gasteiger partial charge in [0.15, 0.2) is 0 Å². The average Bonchev–Trinajstić information content (AvgIpc) is 3.21. The molecule has 0 saturated carbocycles. The predicted octanol–water partition coefficient (Wildman–Crippen LogP) is 4.36. The van der Waals surface area contributed by atoms with Gasteiger partial charge in [0.25, 0.3) is 0 Å². The van der Waals surface area contributed by atoms with Gasteiger partial charge in [-0.25, -0.2) is 0 Å². The van der Waals surface area contributed by atoms with E-state index in [1.807, 2.05) is 0 Å². The van der Waals surface area contributed by atoms with E-state index in [2.05, 4.69) is 30.0 Å². The molecule has 28 heavy (non-hydrogen) atoms. The van der Waals surface area contributed by atoms with Gasteiger partial charge >= 0.3 is 0 Å². The lowest BCUT2D eigenvalue weighted by Crippen LogP contribution is -2.33. The summed E-state index contributed by atoms with van der Waals surface area (Å²) in [6.45, 7) is 7.34. The zero-order chi connectivity index (χ0) is 19.6. The van der Waals surface area contributed by atoms with E-state index in [1.54, 1.807) is 0 Å². The van der Waals surface area contributed by atoms with Crippen molar-refractivity contribution in [1.82, 2.24) is 4.90 Å². The van der Waals surface area contributed by atoms with E-state index in [0.717, 1.165) is 56.5 Å². The van der Waals surface area contributed by atoms with Crippen molar-refractivity contribution in [3.63, 3.8) is 0 Å². The van der Waals surface area contributed by atoms with Crippen LogP contribution in [-0.4, -0.2) is 55.6 Å². The number of nitrogens with zero attached hydrogens (tertiary/aromatic N) is 1. The van der Waals surface area contributed by atoms with Crippen molar-refractivity contribution < 1.29 is 14.6 Å². The number of rotatable bonds is 11. The van der Waals surface area contributed by atoms with Crippen LogP contribution in [0.5, 0.6) is 5.75 Å². The van der Waals surface area contributed by atoms with Gasteiger partial charge < -0.3 is 19.5 Å². The number of aryl methyl sites for hydroxylation is 2. The maximum Gasteiger partial charge on any atom is 0.122 e. The van der Waals surface area contributed by atoms with E-state index in [1.165, 1.54) is 56.9 Å². The number of aliphatic hydroxyl groups excluding tert-OH is 1. The molecule has 3 rings (SSSR count). The van der Waals surface area contributed by atoms with Gasteiger partial charge in [0.1, 0.15) is 18.5 Å². The molecular weight excluding hydrogens is 350 g/mol. The van der Waals surface area contributed by atoms with Crippen LogP contribution in [0.3, 0.4) is 0 Å². The van der Waals surface area contributed by atoms with Crippen molar-refractivity contribution in [3.05, 3.63) is 29.3 Å². The summed E-state index contributed by atoms with van der Waals surface area (Å²) in [6, 6.07) is 6.55. The van der Waals surface area contributed by atoms with E-state index in [0.29, 0.717) is 6.61 Å². The number of likely N-dealkylation sites (tertiary alicyclic amines) is 1. The van der Waals surface area contributed by atoms with Crippen molar-refractivity contribution in [2.24, 2.45) is 5.92 Å². The molecule has 0 radical (unpaired) electrons. The summed E-state index contributed by atoms with van der Waals surface area (Å²) in [7, 11) is 0. The highest BCUT2D eigenvalue weighted by atomic mass is 16.5. The Hall–Kier alpha value is -1.10. The van der Waals surface area contributed by atoms with Crippen molar-refractivity contribution in [1.29, 1.82) is 0 Å². The zero-order valence-corrected chi connectivity index (χ0v) is 17.7. The second-order valence-electron chi connectivity index (χ2n) is 8.73. The van der Waals surface area contributed by atoms with E-state index >= 15 is 0 Å². The van der Waals surface area contributed by atoms with Crippen molar-refractivity contribution in [2.45, 2.75) is 70.8 Å². The minimum atomic E-state index is -0.411. The Morgan fingerprint density at radius 2 is 1.93 bits per heavy atom. The lowest BCUT2D eigenvalue weighted by molar-refractivity contribution is 0.0631. The number of aliphatic hydroxyl groups is 1. The summed E-state index contributed by atoms with van der Waals surface area (Å²) in [5.41, 5.74) is 2.50. The number of hydrogen-bond acceptors (Lipinski definition) is 4. The molecule has 158 valence electrons. The van der Waals surface area contributed by atoms with Gasteiger partial charge in [0.05, 0.1) is 0 Å². The quantitative estimate of drug-likeness (QED) is 0.571. The fourth-order valence-electron chi connectivity index (χ4n) is 4.43. The van der Waals surface area contributed by atoms with Crippen LogP contribution >= 0.6 is 0 Å². The normalized spacial score (nSPS) is 19.8. The van der Waals surface area contributed by atoms with Crippen molar-refractivity contribution in [2.75, 3.05) is 39.5 Å². The van der Waals surface area contributed by atoms with Gasteiger partial charge in [-0.3, -0.25) is 0 Å².